The van der Waals surface area contributed by atoms with Crippen LogP contribution in [0.3, 0.4) is 0 Å². The highest BCUT2D eigenvalue weighted by molar-refractivity contribution is 5.85. The molecular formula is C13H27N3O. The van der Waals surface area contributed by atoms with Gasteiger partial charge >= 0.3 is 0 Å². The van der Waals surface area contributed by atoms with Crippen LogP contribution < -0.4 is 5.73 Å². The van der Waals surface area contributed by atoms with Crippen molar-refractivity contribution in [3.05, 3.63) is 0 Å². The summed E-state index contributed by atoms with van der Waals surface area (Å²) in [5.74, 6) is 1.94. The number of hydrogen-bond donors (Lipinski definition) is 2. The van der Waals surface area contributed by atoms with Gasteiger partial charge in [0.2, 0.25) is 0 Å². The predicted octanol–water partition coefficient (Wildman–Crippen LogP) is 2.13. The number of likely N-dealkylation sites (tertiary alicyclic amines) is 1. The van der Waals surface area contributed by atoms with Crippen LogP contribution in [0, 0.1) is 17.3 Å². The van der Waals surface area contributed by atoms with Gasteiger partial charge in [0.1, 0.15) is 5.84 Å². The molecule has 0 spiro atoms. The molecule has 0 bridgehead atoms. The molecule has 0 aromatic heterocycles. The average molecular weight is 241 g/mol. The molecule has 1 aliphatic heterocycles. The number of hydrogen-bond acceptors (Lipinski definition) is 3. The third-order valence-electron chi connectivity index (χ3n) is 4.11. The fourth-order valence-corrected chi connectivity index (χ4v) is 2.31. The monoisotopic (exact) mass is 241 g/mol. The minimum absolute atomic E-state index is 0.218. The second kappa shape index (κ2) is 5.71. The normalized spacial score (nSPS) is 23.6. The Morgan fingerprint density at radius 3 is 2.65 bits per heavy atom. The third kappa shape index (κ3) is 3.87. The molecule has 1 heterocycles. The van der Waals surface area contributed by atoms with Crippen molar-refractivity contribution >= 4 is 5.84 Å². The summed E-state index contributed by atoms with van der Waals surface area (Å²) in [5, 5.41) is 11.9. The molecule has 1 fully saturated rings. The van der Waals surface area contributed by atoms with Gasteiger partial charge in [0.05, 0.1) is 0 Å². The number of oxime groups is 1. The van der Waals surface area contributed by atoms with E-state index in [1.165, 1.54) is 19.5 Å². The number of rotatable bonds is 5. The van der Waals surface area contributed by atoms with Crippen LogP contribution in [0.4, 0.5) is 0 Å². The highest BCUT2D eigenvalue weighted by Gasteiger charge is 2.28. The topological polar surface area (TPSA) is 61.8 Å². The fraction of sp³-hybridized carbons (Fsp3) is 0.923. The van der Waals surface area contributed by atoms with Gasteiger partial charge in [-0.2, -0.15) is 0 Å². The van der Waals surface area contributed by atoms with E-state index in [-0.39, 0.29) is 5.41 Å². The summed E-state index contributed by atoms with van der Waals surface area (Å²) in [5.41, 5.74) is 5.47. The quantitative estimate of drug-likeness (QED) is 0.335. The Morgan fingerprint density at radius 2 is 2.18 bits per heavy atom. The molecule has 0 aromatic rings. The van der Waals surface area contributed by atoms with Crippen LogP contribution in [0.5, 0.6) is 0 Å². The van der Waals surface area contributed by atoms with Crippen LogP contribution in [0.2, 0.25) is 0 Å². The minimum atomic E-state index is -0.218. The van der Waals surface area contributed by atoms with E-state index in [0.717, 1.165) is 24.8 Å². The first-order valence-corrected chi connectivity index (χ1v) is 6.57. The maximum Gasteiger partial charge on any atom is 0.144 e. The van der Waals surface area contributed by atoms with Crippen molar-refractivity contribution in [2.24, 2.45) is 28.1 Å². The molecule has 0 saturated carbocycles. The molecule has 1 saturated heterocycles. The van der Waals surface area contributed by atoms with Crippen LogP contribution >= 0.6 is 0 Å². The molecule has 1 unspecified atom stereocenters. The zero-order valence-electron chi connectivity index (χ0n) is 11.6. The number of amidine groups is 1. The van der Waals surface area contributed by atoms with Crippen molar-refractivity contribution in [2.45, 2.75) is 40.5 Å². The first kappa shape index (κ1) is 14.3. The van der Waals surface area contributed by atoms with Gasteiger partial charge in [0.25, 0.3) is 0 Å². The predicted molar refractivity (Wildman–Crippen MR) is 71.2 cm³/mol. The lowest BCUT2D eigenvalue weighted by atomic mass is 9.88. The van der Waals surface area contributed by atoms with E-state index in [9.17, 15) is 0 Å². The van der Waals surface area contributed by atoms with Crippen LogP contribution in [0.1, 0.15) is 40.5 Å². The van der Waals surface area contributed by atoms with Gasteiger partial charge in [-0.25, -0.2) is 0 Å². The van der Waals surface area contributed by atoms with Gasteiger partial charge in [0, 0.05) is 12.0 Å². The molecule has 1 rings (SSSR count). The van der Waals surface area contributed by atoms with Gasteiger partial charge < -0.3 is 15.8 Å². The number of nitrogens with zero attached hydrogens (tertiary/aromatic N) is 2. The van der Waals surface area contributed by atoms with E-state index in [1.807, 2.05) is 13.8 Å². The molecule has 3 N–H and O–H groups in total. The molecule has 1 aliphatic rings. The second-order valence-electron chi connectivity index (χ2n) is 6.21. The molecule has 0 aromatic carbocycles. The molecule has 4 nitrogen and oxygen atoms in total. The second-order valence-corrected chi connectivity index (χ2v) is 6.21. The summed E-state index contributed by atoms with van der Waals surface area (Å²) >= 11 is 0. The van der Waals surface area contributed by atoms with Gasteiger partial charge in [-0.05, 0) is 37.8 Å². The maximum atomic E-state index is 8.73. The van der Waals surface area contributed by atoms with Gasteiger partial charge in [-0.1, -0.05) is 32.9 Å². The minimum Gasteiger partial charge on any atom is -0.409 e. The summed E-state index contributed by atoms with van der Waals surface area (Å²) in [6, 6.07) is 0. The molecule has 1 atom stereocenters. The lowest BCUT2D eigenvalue weighted by Gasteiger charge is -2.26. The molecule has 0 aliphatic carbocycles. The zero-order chi connectivity index (χ0) is 13.1. The zero-order valence-corrected chi connectivity index (χ0v) is 11.6. The average Bonchev–Trinajstić information content (AvgIpc) is 2.74. The third-order valence-corrected chi connectivity index (χ3v) is 4.11. The largest absolute Gasteiger partial charge is 0.409 e. The van der Waals surface area contributed by atoms with Crippen LogP contribution in [-0.4, -0.2) is 35.6 Å². The molecule has 0 radical (unpaired) electrons. The Morgan fingerprint density at radius 1 is 1.53 bits per heavy atom. The Hall–Kier alpha value is -0.770. The lowest BCUT2D eigenvalue weighted by molar-refractivity contribution is 0.264. The van der Waals surface area contributed by atoms with Crippen molar-refractivity contribution in [1.82, 2.24) is 4.90 Å². The number of nitrogens with two attached hydrogens (primary N) is 1. The smallest absolute Gasteiger partial charge is 0.144 e. The lowest BCUT2D eigenvalue weighted by Crippen LogP contribution is -2.36. The van der Waals surface area contributed by atoms with Crippen LogP contribution in [0.15, 0.2) is 5.16 Å². The summed E-state index contributed by atoms with van der Waals surface area (Å²) in [4.78, 5) is 2.50. The van der Waals surface area contributed by atoms with Gasteiger partial charge in [-0.15, -0.1) is 0 Å². The highest BCUT2D eigenvalue weighted by Crippen LogP contribution is 2.26. The molecule has 17 heavy (non-hydrogen) atoms. The van der Waals surface area contributed by atoms with E-state index in [1.54, 1.807) is 0 Å². The standard InChI is InChI=1S/C13H27N3O/c1-10(2)11-5-7-16(9-11)8-6-13(3,4)12(14)15-17/h10-11,17H,5-9H2,1-4H3,(H2,14,15). The van der Waals surface area contributed by atoms with Crippen LogP contribution in [0.25, 0.3) is 0 Å². The van der Waals surface area contributed by atoms with E-state index < -0.39 is 0 Å². The highest BCUT2D eigenvalue weighted by atomic mass is 16.4. The van der Waals surface area contributed by atoms with Gasteiger partial charge in [0.15, 0.2) is 0 Å². The Bertz CT molecular complexity index is 274. The van der Waals surface area contributed by atoms with E-state index in [0.29, 0.717) is 5.84 Å². The molecule has 4 heteroatoms. The molecular weight excluding hydrogens is 214 g/mol. The Labute approximate surface area is 105 Å². The first-order valence-electron chi connectivity index (χ1n) is 6.57. The molecule has 0 amide bonds. The van der Waals surface area contributed by atoms with E-state index in [4.69, 9.17) is 10.9 Å². The van der Waals surface area contributed by atoms with E-state index >= 15 is 0 Å². The fourth-order valence-electron chi connectivity index (χ4n) is 2.31. The van der Waals surface area contributed by atoms with Crippen molar-refractivity contribution in [3.63, 3.8) is 0 Å². The molecule has 100 valence electrons. The summed E-state index contributed by atoms with van der Waals surface area (Å²) in [6.07, 6.45) is 2.25. The van der Waals surface area contributed by atoms with Crippen molar-refractivity contribution < 1.29 is 5.21 Å². The Balaban J connectivity index is 2.38. The van der Waals surface area contributed by atoms with Gasteiger partial charge in [-0.3, -0.25) is 0 Å². The van der Waals surface area contributed by atoms with Crippen molar-refractivity contribution in [1.29, 1.82) is 0 Å². The summed E-state index contributed by atoms with van der Waals surface area (Å²) < 4.78 is 0. The SMILES string of the molecule is CC(C)C1CCN(CCC(C)(C)C(N)=NO)C1. The van der Waals surface area contributed by atoms with E-state index in [2.05, 4.69) is 23.9 Å². The Kier molecular flexibility index (Phi) is 4.80. The van der Waals surface area contributed by atoms with Crippen molar-refractivity contribution in [3.8, 4) is 0 Å². The van der Waals surface area contributed by atoms with Crippen LogP contribution in [-0.2, 0) is 0 Å². The first-order chi connectivity index (χ1) is 7.86. The summed E-state index contributed by atoms with van der Waals surface area (Å²) in [6.45, 7) is 12.1. The maximum absolute atomic E-state index is 8.73. The van der Waals surface area contributed by atoms with Crippen molar-refractivity contribution in [2.75, 3.05) is 19.6 Å². The summed E-state index contributed by atoms with van der Waals surface area (Å²) in [7, 11) is 0.